The fourth-order valence-electron chi connectivity index (χ4n) is 5.48. The summed E-state index contributed by atoms with van der Waals surface area (Å²) in [5.41, 5.74) is 0.925. The summed E-state index contributed by atoms with van der Waals surface area (Å²) in [6.07, 6.45) is 7.10. The molecule has 0 radical (unpaired) electrons. The largest absolute Gasteiger partial charge is 0.366 e. The Labute approximate surface area is 135 Å². The average Bonchev–Trinajstić information content (AvgIpc) is 2.50. The maximum Gasteiger partial charge on any atom is 0.224 e. The molecule has 114 valence electrons. The zero-order chi connectivity index (χ0) is 14.7. The first-order chi connectivity index (χ1) is 10.8. The van der Waals surface area contributed by atoms with Gasteiger partial charge in [0.15, 0.2) is 0 Å². The maximum absolute atomic E-state index is 6.13. The minimum atomic E-state index is 0.338. The van der Waals surface area contributed by atoms with Gasteiger partial charge in [-0.15, -0.1) is 0 Å². The van der Waals surface area contributed by atoms with Crippen molar-refractivity contribution in [2.75, 3.05) is 5.32 Å². The minimum absolute atomic E-state index is 0.338. The normalized spacial score (nSPS) is 36.0. The lowest BCUT2D eigenvalue weighted by Crippen LogP contribution is -2.51. The van der Waals surface area contributed by atoms with Crippen LogP contribution in [0.4, 0.5) is 5.82 Å². The van der Waals surface area contributed by atoms with Crippen LogP contribution in [0.25, 0.3) is 10.9 Å². The zero-order valence-electron chi connectivity index (χ0n) is 12.5. The highest BCUT2D eigenvalue weighted by atomic mass is 35.5. The van der Waals surface area contributed by atoms with Crippen molar-refractivity contribution in [3.63, 3.8) is 0 Å². The van der Waals surface area contributed by atoms with Gasteiger partial charge in [-0.3, -0.25) is 0 Å². The summed E-state index contributed by atoms with van der Waals surface area (Å²) in [5, 5.41) is 5.19. The van der Waals surface area contributed by atoms with E-state index >= 15 is 0 Å². The van der Waals surface area contributed by atoms with Crippen LogP contribution in [0.2, 0.25) is 5.28 Å². The summed E-state index contributed by atoms with van der Waals surface area (Å²) in [6.45, 7) is 0. The van der Waals surface area contributed by atoms with Gasteiger partial charge in [-0.25, -0.2) is 9.97 Å². The summed E-state index contributed by atoms with van der Waals surface area (Å²) < 4.78 is 0. The van der Waals surface area contributed by atoms with Crippen molar-refractivity contribution in [1.29, 1.82) is 0 Å². The molecule has 3 nitrogen and oxygen atoms in total. The molecule has 4 saturated carbocycles. The molecule has 0 aliphatic heterocycles. The molecule has 0 atom stereocenters. The second-order valence-corrected chi connectivity index (χ2v) is 7.80. The smallest absolute Gasteiger partial charge is 0.224 e. The summed E-state index contributed by atoms with van der Waals surface area (Å²) in [6, 6.07) is 8.71. The van der Waals surface area contributed by atoms with Gasteiger partial charge in [-0.05, 0) is 79.5 Å². The van der Waals surface area contributed by atoms with E-state index in [2.05, 4.69) is 21.4 Å². The Balaban J connectivity index is 1.51. The summed E-state index contributed by atoms with van der Waals surface area (Å²) in [7, 11) is 0. The number of halogens is 1. The molecule has 1 aromatic carbocycles. The SMILES string of the molecule is Clc1nc(NC2C3CC4CC(C3)CC2C4)c2ccccc2n1. The summed E-state index contributed by atoms with van der Waals surface area (Å²) >= 11 is 6.13. The van der Waals surface area contributed by atoms with Crippen LogP contribution in [-0.2, 0) is 0 Å². The predicted molar refractivity (Wildman–Crippen MR) is 89.0 cm³/mol. The van der Waals surface area contributed by atoms with E-state index < -0.39 is 0 Å². The second-order valence-electron chi connectivity index (χ2n) is 7.46. The Morgan fingerprint density at radius 2 is 1.59 bits per heavy atom. The van der Waals surface area contributed by atoms with Crippen LogP contribution in [0.15, 0.2) is 24.3 Å². The van der Waals surface area contributed by atoms with E-state index in [0.29, 0.717) is 11.3 Å². The van der Waals surface area contributed by atoms with Gasteiger partial charge >= 0.3 is 0 Å². The highest BCUT2D eigenvalue weighted by Gasteiger charge is 2.48. The van der Waals surface area contributed by atoms with Crippen molar-refractivity contribution in [2.24, 2.45) is 23.7 Å². The molecule has 4 heteroatoms. The third-order valence-corrected chi connectivity index (χ3v) is 6.28. The molecule has 0 unspecified atom stereocenters. The fraction of sp³-hybridized carbons (Fsp3) is 0.556. The van der Waals surface area contributed by atoms with Crippen molar-refractivity contribution in [3.8, 4) is 0 Å². The third-order valence-electron chi connectivity index (χ3n) is 6.11. The second kappa shape index (κ2) is 4.82. The van der Waals surface area contributed by atoms with E-state index in [1.807, 2.05) is 18.2 Å². The fourth-order valence-corrected chi connectivity index (χ4v) is 5.65. The Hall–Kier alpha value is -1.35. The first-order valence-corrected chi connectivity index (χ1v) is 8.83. The van der Waals surface area contributed by atoms with Gasteiger partial charge in [-0.2, -0.15) is 0 Å². The molecule has 4 fully saturated rings. The first kappa shape index (κ1) is 13.1. The average molecular weight is 314 g/mol. The number of hydrogen-bond acceptors (Lipinski definition) is 3. The lowest BCUT2D eigenvalue weighted by Gasteiger charge is -2.54. The summed E-state index contributed by atoms with van der Waals surface area (Å²) in [4.78, 5) is 8.83. The molecule has 1 N–H and O–H groups in total. The van der Waals surface area contributed by atoms with Crippen molar-refractivity contribution in [2.45, 2.75) is 38.1 Å². The molecule has 22 heavy (non-hydrogen) atoms. The van der Waals surface area contributed by atoms with Crippen LogP contribution < -0.4 is 5.32 Å². The Morgan fingerprint density at radius 1 is 0.909 bits per heavy atom. The third kappa shape index (κ3) is 2.02. The molecular weight excluding hydrogens is 294 g/mol. The van der Waals surface area contributed by atoms with Crippen LogP contribution in [0.3, 0.4) is 0 Å². The van der Waals surface area contributed by atoms with Gasteiger partial charge < -0.3 is 5.32 Å². The molecule has 6 rings (SSSR count). The van der Waals surface area contributed by atoms with E-state index in [0.717, 1.165) is 40.4 Å². The molecule has 0 spiro atoms. The van der Waals surface area contributed by atoms with Crippen LogP contribution in [0, 0.1) is 23.7 Å². The van der Waals surface area contributed by atoms with E-state index in [9.17, 15) is 0 Å². The molecule has 4 aliphatic carbocycles. The molecule has 1 aromatic heterocycles. The Kier molecular flexibility index (Phi) is 2.88. The minimum Gasteiger partial charge on any atom is -0.366 e. The molecular formula is C18H20ClN3. The molecule has 0 amide bonds. The number of hydrogen-bond donors (Lipinski definition) is 1. The molecule has 4 bridgehead atoms. The predicted octanol–water partition coefficient (Wildman–Crippen LogP) is 4.52. The van der Waals surface area contributed by atoms with Crippen molar-refractivity contribution < 1.29 is 0 Å². The van der Waals surface area contributed by atoms with E-state index in [1.165, 1.54) is 32.1 Å². The summed E-state index contributed by atoms with van der Waals surface area (Å²) in [5.74, 6) is 4.55. The molecule has 1 heterocycles. The lowest BCUT2D eigenvalue weighted by molar-refractivity contribution is 0.00746. The number of benzene rings is 1. The van der Waals surface area contributed by atoms with Crippen LogP contribution >= 0.6 is 11.6 Å². The van der Waals surface area contributed by atoms with Gasteiger partial charge in [0, 0.05) is 11.4 Å². The van der Waals surface area contributed by atoms with Gasteiger partial charge in [0.1, 0.15) is 5.82 Å². The number of para-hydroxylation sites is 1. The van der Waals surface area contributed by atoms with Gasteiger partial charge in [0.2, 0.25) is 5.28 Å². The van der Waals surface area contributed by atoms with Crippen molar-refractivity contribution in [3.05, 3.63) is 29.5 Å². The first-order valence-electron chi connectivity index (χ1n) is 8.45. The maximum atomic E-state index is 6.13. The quantitative estimate of drug-likeness (QED) is 0.828. The topological polar surface area (TPSA) is 37.8 Å². The molecule has 0 saturated heterocycles. The van der Waals surface area contributed by atoms with Crippen molar-refractivity contribution in [1.82, 2.24) is 9.97 Å². The standard InChI is InChI=1S/C18H20ClN3/c19-18-20-15-4-2-1-3-14(15)17(22-18)21-16-12-6-10-5-11(8-12)9-13(16)7-10/h1-4,10-13,16H,5-9H2,(H,20,21,22). The van der Waals surface area contributed by atoms with E-state index in [1.54, 1.807) is 0 Å². The number of anilines is 1. The Morgan fingerprint density at radius 3 is 2.32 bits per heavy atom. The lowest BCUT2D eigenvalue weighted by atomic mass is 9.54. The van der Waals surface area contributed by atoms with Crippen LogP contribution in [0.5, 0.6) is 0 Å². The Bertz CT molecular complexity index is 701. The number of aromatic nitrogens is 2. The van der Waals surface area contributed by atoms with E-state index in [-0.39, 0.29) is 0 Å². The number of nitrogens with one attached hydrogen (secondary N) is 1. The highest BCUT2D eigenvalue weighted by Crippen LogP contribution is 2.54. The van der Waals surface area contributed by atoms with Crippen LogP contribution in [0.1, 0.15) is 32.1 Å². The number of fused-ring (bicyclic) bond motifs is 1. The molecule has 2 aromatic rings. The zero-order valence-corrected chi connectivity index (χ0v) is 13.3. The number of rotatable bonds is 2. The van der Waals surface area contributed by atoms with Crippen molar-refractivity contribution >= 4 is 28.3 Å². The monoisotopic (exact) mass is 313 g/mol. The van der Waals surface area contributed by atoms with Gasteiger partial charge in [0.05, 0.1) is 5.52 Å². The van der Waals surface area contributed by atoms with Gasteiger partial charge in [0.25, 0.3) is 0 Å². The number of nitrogens with zero attached hydrogens (tertiary/aromatic N) is 2. The highest BCUT2D eigenvalue weighted by molar-refractivity contribution is 6.28. The van der Waals surface area contributed by atoms with E-state index in [4.69, 9.17) is 11.6 Å². The van der Waals surface area contributed by atoms with Crippen LogP contribution in [-0.4, -0.2) is 16.0 Å². The molecule has 4 aliphatic rings. The van der Waals surface area contributed by atoms with Gasteiger partial charge in [-0.1, -0.05) is 12.1 Å².